The van der Waals surface area contributed by atoms with Crippen LogP contribution in [0.5, 0.6) is 0 Å². The number of unbranched alkanes of at least 4 members (excludes halogenated alkanes) is 1. The molecule has 2 aliphatic rings. The molecule has 1 aliphatic carbocycles. The van der Waals surface area contributed by atoms with E-state index in [-0.39, 0.29) is 5.56 Å². The number of fused-ring (bicyclic) bond motifs is 2. The topological polar surface area (TPSA) is 54.3 Å². The normalized spacial score (nSPS) is 17.1. The zero-order chi connectivity index (χ0) is 21.9. The Bertz CT molecular complexity index is 1100. The number of aryl methyl sites for hydroxylation is 2. The molecule has 7 heteroatoms. The van der Waals surface area contributed by atoms with Crippen molar-refractivity contribution in [2.75, 3.05) is 37.6 Å². The lowest BCUT2D eigenvalue weighted by molar-refractivity contribution is 0.252. The van der Waals surface area contributed by atoms with Gasteiger partial charge in [-0.1, -0.05) is 23.5 Å². The minimum atomic E-state index is 0.221. The van der Waals surface area contributed by atoms with Gasteiger partial charge >= 0.3 is 0 Å². The lowest BCUT2D eigenvalue weighted by Gasteiger charge is -2.34. The van der Waals surface area contributed by atoms with Gasteiger partial charge in [0.2, 0.25) is 0 Å². The molecular weight excluding hydrogens is 418 g/mol. The Kier molecular flexibility index (Phi) is 6.55. The molecule has 0 radical (unpaired) electrons. The molecule has 3 heterocycles. The highest BCUT2D eigenvalue weighted by Gasteiger charge is 2.20. The van der Waals surface area contributed by atoms with E-state index in [0.29, 0.717) is 0 Å². The van der Waals surface area contributed by atoms with Gasteiger partial charge in [0.25, 0.3) is 5.56 Å². The summed E-state index contributed by atoms with van der Waals surface area (Å²) in [7, 11) is 0. The fraction of sp³-hybridized carbons (Fsp3) is 0.560. The maximum atomic E-state index is 12.9. The van der Waals surface area contributed by atoms with Gasteiger partial charge < -0.3 is 4.90 Å². The first-order valence-corrected chi connectivity index (χ1v) is 13.0. The summed E-state index contributed by atoms with van der Waals surface area (Å²) in [6, 6.07) is 8.40. The third-order valence-corrected chi connectivity index (χ3v) is 7.98. The predicted octanol–water partition coefficient (Wildman–Crippen LogP) is 3.90. The molecule has 0 unspecified atom stereocenters. The van der Waals surface area contributed by atoms with Crippen LogP contribution in [0.1, 0.15) is 49.7 Å². The standard InChI is InChI=1S/C25H33N5OS/c1-2-30-23(26-20-10-4-3-9-19(20)24(30)31)13-7-8-14-28-15-17-29(18-16-28)25-27-21-11-5-6-12-22(21)32-25/h5-6,11-12H,2-4,7-10,13-18H2,1H3. The van der Waals surface area contributed by atoms with Crippen LogP contribution in [0.2, 0.25) is 0 Å². The summed E-state index contributed by atoms with van der Waals surface area (Å²) in [6.45, 7) is 8.17. The first-order valence-electron chi connectivity index (χ1n) is 12.2. The molecule has 1 saturated heterocycles. The maximum absolute atomic E-state index is 12.9. The monoisotopic (exact) mass is 451 g/mol. The Hall–Kier alpha value is -2.25. The SMILES string of the molecule is CCn1c(CCCCN2CCN(c3nc4ccccc4s3)CC2)nc2c(c1=O)CCCC2. The zero-order valence-electron chi connectivity index (χ0n) is 19.1. The number of aromatic nitrogens is 3. The van der Waals surface area contributed by atoms with Crippen LogP contribution in [0.4, 0.5) is 5.13 Å². The van der Waals surface area contributed by atoms with Crippen LogP contribution in [0, 0.1) is 0 Å². The van der Waals surface area contributed by atoms with E-state index in [0.717, 1.165) is 112 Å². The van der Waals surface area contributed by atoms with E-state index in [9.17, 15) is 4.79 Å². The van der Waals surface area contributed by atoms with E-state index < -0.39 is 0 Å². The molecule has 32 heavy (non-hydrogen) atoms. The zero-order valence-corrected chi connectivity index (χ0v) is 19.9. The molecule has 3 aromatic rings. The Morgan fingerprint density at radius 3 is 2.62 bits per heavy atom. The first-order chi connectivity index (χ1) is 15.7. The minimum absolute atomic E-state index is 0.221. The first kappa shape index (κ1) is 21.6. The van der Waals surface area contributed by atoms with Gasteiger partial charge in [-0.3, -0.25) is 14.3 Å². The van der Waals surface area contributed by atoms with Crippen LogP contribution in [-0.2, 0) is 25.8 Å². The number of hydrogen-bond acceptors (Lipinski definition) is 6. The number of hydrogen-bond donors (Lipinski definition) is 0. The Labute approximate surface area is 193 Å². The van der Waals surface area contributed by atoms with Gasteiger partial charge in [-0.05, 0) is 64.1 Å². The van der Waals surface area contributed by atoms with E-state index in [1.165, 1.54) is 4.70 Å². The molecule has 0 spiro atoms. The van der Waals surface area contributed by atoms with Gasteiger partial charge in [-0.25, -0.2) is 9.97 Å². The Morgan fingerprint density at radius 1 is 1.00 bits per heavy atom. The van der Waals surface area contributed by atoms with Crippen molar-refractivity contribution in [1.29, 1.82) is 0 Å². The molecule has 0 N–H and O–H groups in total. The van der Waals surface area contributed by atoms with Crippen molar-refractivity contribution in [3.8, 4) is 0 Å². The number of thiazole rings is 1. The minimum Gasteiger partial charge on any atom is -0.345 e. The largest absolute Gasteiger partial charge is 0.345 e. The average molecular weight is 452 g/mol. The molecular formula is C25H33N5OS. The number of benzene rings is 1. The molecule has 0 saturated carbocycles. The summed E-state index contributed by atoms with van der Waals surface area (Å²) in [4.78, 5) is 27.6. The van der Waals surface area contributed by atoms with E-state index in [1.807, 2.05) is 4.57 Å². The fourth-order valence-corrected chi connectivity index (χ4v) is 6.05. The van der Waals surface area contributed by atoms with Crippen LogP contribution >= 0.6 is 11.3 Å². The summed E-state index contributed by atoms with van der Waals surface area (Å²) >= 11 is 1.80. The highest BCUT2D eigenvalue weighted by atomic mass is 32.1. The van der Waals surface area contributed by atoms with E-state index in [2.05, 4.69) is 41.0 Å². The molecule has 170 valence electrons. The van der Waals surface area contributed by atoms with Crippen molar-refractivity contribution in [2.45, 2.75) is 58.4 Å². The molecule has 1 aromatic carbocycles. The number of rotatable bonds is 7. The Balaban J connectivity index is 1.11. The van der Waals surface area contributed by atoms with Gasteiger partial charge in [0.1, 0.15) is 5.82 Å². The smallest absolute Gasteiger partial charge is 0.256 e. The molecule has 1 fully saturated rings. The Morgan fingerprint density at radius 2 is 1.81 bits per heavy atom. The van der Waals surface area contributed by atoms with Crippen LogP contribution in [-0.4, -0.2) is 52.2 Å². The molecule has 0 bridgehead atoms. The van der Waals surface area contributed by atoms with Crippen LogP contribution in [0.15, 0.2) is 29.1 Å². The third-order valence-electron chi connectivity index (χ3n) is 6.88. The quantitative estimate of drug-likeness (QED) is 0.510. The number of para-hydroxylation sites is 1. The number of piperazine rings is 1. The maximum Gasteiger partial charge on any atom is 0.256 e. The van der Waals surface area contributed by atoms with E-state index in [1.54, 1.807) is 11.3 Å². The molecule has 6 nitrogen and oxygen atoms in total. The third kappa shape index (κ3) is 4.46. The van der Waals surface area contributed by atoms with E-state index >= 15 is 0 Å². The highest BCUT2D eigenvalue weighted by Crippen LogP contribution is 2.29. The molecule has 0 amide bonds. The van der Waals surface area contributed by atoms with Crippen molar-refractivity contribution in [2.24, 2.45) is 0 Å². The lowest BCUT2D eigenvalue weighted by atomic mass is 9.97. The molecule has 0 atom stereocenters. The summed E-state index contributed by atoms with van der Waals surface area (Å²) in [5, 5.41) is 1.15. The van der Waals surface area contributed by atoms with Gasteiger partial charge in [-0.15, -0.1) is 0 Å². The van der Waals surface area contributed by atoms with Gasteiger partial charge in [0, 0.05) is 44.7 Å². The van der Waals surface area contributed by atoms with Crippen molar-refractivity contribution in [3.05, 3.63) is 51.7 Å². The van der Waals surface area contributed by atoms with Crippen LogP contribution in [0.3, 0.4) is 0 Å². The lowest BCUT2D eigenvalue weighted by Crippen LogP contribution is -2.46. The predicted molar refractivity (Wildman–Crippen MR) is 132 cm³/mol. The number of nitrogens with zero attached hydrogens (tertiary/aromatic N) is 5. The van der Waals surface area contributed by atoms with Gasteiger partial charge in [-0.2, -0.15) is 0 Å². The summed E-state index contributed by atoms with van der Waals surface area (Å²) in [6.07, 6.45) is 7.31. The second-order valence-electron chi connectivity index (χ2n) is 8.96. The van der Waals surface area contributed by atoms with Crippen molar-refractivity contribution in [1.82, 2.24) is 19.4 Å². The second kappa shape index (κ2) is 9.71. The van der Waals surface area contributed by atoms with Crippen LogP contribution < -0.4 is 10.5 Å². The fourth-order valence-electron chi connectivity index (χ4n) is 5.03. The van der Waals surface area contributed by atoms with Crippen molar-refractivity contribution < 1.29 is 0 Å². The number of anilines is 1. The summed E-state index contributed by atoms with van der Waals surface area (Å²) < 4.78 is 3.19. The van der Waals surface area contributed by atoms with Crippen molar-refractivity contribution in [3.63, 3.8) is 0 Å². The summed E-state index contributed by atoms with van der Waals surface area (Å²) in [5.41, 5.74) is 3.38. The average Bonchev–Trinajstić information content (AvgIpc) is 3.27. The summed E-state index contributed by atoms with van der Waals surface area (Å²) in [5.74, 6) is 0.999. The molecule has 1 aliphatic heterocycles. The van der Waals surface area contributed by atoms with E-state index in [4.69, 9.17) is 9.97 Å². The second-order valence-corrected chi connectivity index (χ2v) is 9.97. The molecule has 5 rings (SSSR count). The molecule has 2 aromatic heterocycles. The van der Waals surface area contributed by atoms with Crippen LogP contribution in [0.25, 0.3) is 10.2 Å². The van der Waals surface area contributed by atoms with Gasteiger partial charge in [0.15, 0.2) is 5.13 Å². The van der Waals surface area contributed by atoms with Crippen molar-refractivity contribution >= 4 is 26.7 Å². The van der Waals surface area contributed by atoms with Gasteiger partial charge in [0.05, 0.1) is 15.9 Å². The highest BCUT2D eigenvalue weighted by molar-refractivity contribution is 7.22.